The molecule has 7 heteroatoms. The predicted octanol–water partition coefficient (Wildman–Crippen LogP) is 3.69. The van der Waals surface area contributed by atoms with Crippen molar-refractivity contribution in [3.05, 3.63) is 53.6 Å². The molecule has 1 saturated heterocycles. The zero-order valence-electron chi connectivity index (χ0n) is 17.0. The number of ether oxygens (including phenoxy) is 1. The highest BCUT2D eigenvalue weighted by Crippen LogP contribution is 2.38. The Labute approximate surface area is 170 Å². The molecule has 29 heavy (non-hydrogen) atoms. The first-order valence-electron chi connectivity index (χ1n) is 9.41. The number of hydrogen-bond acceptors (Lipinski definition) is 4. The van der Waals surface area contributed by atoms with E-state index in [9.17, 15) is 14.4 Å². The molecule has 3 rings (SSSR count). The van der Waals surface area contributed by atoms with E-state index in [0.29, 0.717) is 22.7 Å². The third-order valence-electron chi connectivity index (χ3n) is 4.73. The number of para-hydroxylation sites is 1. The van der Waals surface area contributed by atoms with Crippen LogP contribution in [-0.2, 0) is 10.2 Å². The van der Waals surface area contributed by atoms with Crippen LogP contribution in [0.3, 0.4) is 0 Å². The minimum atomic E-state index is -0.499. The van der Waals surface area contributed by atoms with Gasteiger partial charge in [0.2, 0.25) is 5.91 Å². The largest absolute Gasteiger partial charge is 0.496 e. The van der Waals surface area contributed by atoms with Crippen molar-refractivity contribution in [3.63, 3.8) is 0 Å². The van der Waals surface area contributed by atoms with Crippen molar-refractivity contribution in [3.8, 4) is 5.75 Å². The third-order valence-corrected chi connectivity index (χ3v) is 4.73. The molecule has 0 unspecified atom stereocenters. The van der Waals surface area contributed by atoms with E-state index in [-0.39, 0.29) is 30.2 Å². The first kappa shape index (κ1) is 20.4. The zero-order chi connectivity index (χ0) is 21.2. The van der Waals surface area contributed by atoms with E-state index in [1.54, 1.807) is 18.2 Å². The van der Waals surface area contributed by atoms with Crippen LogP contribution in [0, 0.1) is 0 Å². The first-order chi connectivity index (χ1) is 13.7. The number of anilines is 2. The zero-order valence-corrected chi connectivity index (χ0v) is 17.0. The van der Waals surface area contributed by atoms with Gasteiger partial charge >= 0.3 is 6.03 Å². The van der Waals surface area contributed by atoms with Gasteiger partial charge < -0.3 is 10.1 Å². The van der Waals surface area contributed by atoms with Crippen molar-refractivity contribution in [2.75, 3.05) is 23.9 Å². The third kappa shape index (κ3) is 4.39. The molecule has 2 N–H and O–H groups in total. The Morgan fingerprint density at radius 3 is 2.41 bits per heavy atom. The highest BCUT2D eigenvalue weighted by Gasteiger charge is 2.30. The number of hydrogen-bond donors (Lipinski definition) is 2. The number of carbonyl (C=O) groups excluding carboxylic acids is 3. The Morgan fingerprint density at radius 2 is 1.83 bits per heavy atom. The Balaban J connectivity index is 2.09. The molecule has 1 aliphatic heterocycles. The topological polar surface area (TPSA) is 87.7 Å². The van der Waals surface area contributed by atoms with Crippen LogP contribution in [-0.4, -0.2) is 31.5 Å². The minimum absolute atomic E-state index is 0.203. The Morgan fingerprint density at radius 1 is 1.14 bits per heavy atom. The van der Waals surface area contributed by atoms with E-state index in [1.807, 2.05) is 45.0 Å². The number of benzene rings is 2. The van der Waals surface area contributed by atoms with Gasteiger partial charge in [-0.25, -0.2) is 4.79 Å². The smallest absolute Gasteiger partial charge is 0.328 e. The molecule has 152 valence electrons. The first-order valence-corrected chi connectivity index (χ1v) is 9.41. The second-order valence-corrected chi connectivity index (χ2v) is 7.90. The van der Waals surface area contributed by atoms with Gasteiger partial charge in [0.25, 0.3) is 5.91 Å². The molecule has 1 heterocycles. The summed E-state index contributed by atoms with van der Waals surface area (Å²) in [5.41, 5.74) is 1.97. The van der Waals surface area contributed by atoms with Gasteiger partial charge in [0.15, 0.2) is 0 Å². The molecular weight excluding hydrogens is 370 g/mol. The highest BCUT2D eigenvalue weighted by atomic mass is 16.5. The molecule has 0 aliphatic carbocycles. The number of methoxy groups -OCH3 is 1. The average Bonchev–Trinajstić information content (AvgIpc) is 2.67. The normalized spacial score (nSPS) is 14.4. The second kappa shape index (κ2) is 7.95. The lowest BCUT2D eigenvalue weighted by atomic mass is 9.84. The summed E-state index contributed by atoms with van der Waals surface area (Å²) in [4.78, 5) is 38.4. The van der Waals surface area contributed by atoms with E-state index in [2.05, 4.69) is 10.6 Å². The van der Waals surface area contributed by atoms with Crippen molar-refractivity contribution in [2.24, 2.45) is 0 Å². The number of rotatable bonds is 4. The van der Waals surface area contributed by atoms with Gasteiger partial charge in [-0.3, -0.25) is 19.8 Å². The van der Waals surface area contributed by atoms with Crippen molar-refractivity contribution in [1.29, 1.82) is 0 Å². The Hall–Kier alpha value is -3.35. The molecule has 7 nitrogen and oxygen atoms in total. The van der Waals surface area contributed by atoms with Crippen LogP contribution in [0.2, 0.25) is 0 Å². The number of imide groups is 1. The standard InChI is InChI=1S/C22H25N3O4/c1-22(2,3)17-13-15(25-11-10-18(26)24-21(25)28)12-16(19(17)29-4)20(27)23-14-8-6-5-7-9-14/h5-9,12-13H,10-11H2,1-4H3,(H,23,27)(H,24,26,28). The summed E-state index contributed by atoms with van der Waals surface area (Å²) in [5.74, 6) is -0.185. The van der Waals surface area contributed by atoms with Gasteiger partial charge in [-0.05, 0) is 29.7 Å². The average molecular weight is 395 g/mol. The molecule has 2 aromatic carbocycles. The Kier molecular flexibility index (Phi) is 5.59. The summed E-state index contributed by atoms with van der Waals surface area (Å²) < 4.78 is 5.61. The summed E-state index contributed by atoms with van der Waals surface area (Å²) >= 11 is 0. The van der Waals surface area contributed by atoms with E-state index < -0.39 is 6.03 Å². The SMILES string of the molecule is COc1c(C(=O)Nc2ccccc2)cc(N2CCC(=O)NC2=O)cc1C(C)(C)C. The highest BCUT2D eigenvalue weighted by molar-refractivity contribution is 6.09. The summed E-state index contributed by atoms with van der Waals surface area (Å²) in [6.07, 6.45) is 0.203. The van der Waals surface area contributed by atoms with Crippen LogP contribution in [0.1, 0.15) is 43.1 Å². The summed E-state index contributed by atoms with van der Waals surface area (Å²) in [7, 11) is 1.52. The van der Waals surface area contributed by atoms with E-state index in [4.69, 9.17) is 4.74 Å². The molecule has 0 saturated carbocycles. The van der Waals surface area contributed by atoms with Gasteiger partial charge in [0.05, 0.1) is 12.7 Å². The van der Waals surface area contributed by atoms with E-state index in [0.717, 1.165) is 5.56 Å². The summed E-state index contributed by atoms with van der Waals surface area (Å²) in [6, 6.07) is 12.1. The molecule has 2 aromatic rings. The van der Waals surface area contributed by atoms with Gasteiger partial charge in [0.1, 0.15) is 5.75 Å². The van der Waals surface area contributed by atoms with Crippen molar-refractivity contribution < 1.29 is 19.1 Å². The van der Waals surface area contributed by atoms with Crippen molar-refractivity contribution in [1.82, 2.24) is 5.32 Å². The Bertz CT molecular complexity index is 949. The number of carbonyl (C=O) groups is 3. The van der Waals surface area contributed by atoms with Gasteiger partial charge in [-0.15, -0.1) is 0 Å². The fourth-order valence-electron chi connectivity index (χ4n) is 3.25. The van der Waals surface area contributed by atoms with Crippen LogP contribution in [0.15, 0.2) is 42.5 Å². The van der Waals surface area contributed by atoms with Gasteiger partial charge in [-0.1, -0.05) is 39.0 Å². The lowest BCUT2D eigenvalue weighted by Gasteiger charge is -2.30. The maximum Gasteiger partial charge on any atom is 0.328 e. The lowest BCUT2D eigenvalue weighted by Crippen LogP contribution is -2.49. The van der Waals surface area contributed by atoms with Crippen LogP contribution in [0.25, 0.3) is 0 Å². The number of amides is 4. The minimum Gasteiger partial charge on any atom is -0.496 e. The lowest BCUT2D eigenvalue weighted by molar-refractivity contribution is -0.120. The van der Waals surface area contributed by atoms with Gasteiger partial charge in [-0.2, -0.15) is 0 Å². The molecule has 0 aromatic heterocycles. The molecule has 0 bridgehead atoms. The summed E-state index contributed by atoms with van der Waals surface area (Å²) in [5, 5.41) is 5.19. The van der Waals surface area contributed by atoms with Crippen LogP contribution in [0.5, 0.6) is 5.75 Å². The van der Waals surface area contributed by atoms with E-state index in [1.165, 1.54) is 12.0 Å². The van der Waals surface area contributed by atoms with E-state index >= 15 is 0 Å². The van der Waals surface area contributed by atoms with Crippen LogP contribution >= 0.6 is 0 Å². The molecule has 1 fully saturated rings. The molecule has 0 atom stereocenters. The van der Waals surface area contributed by atoms with Gasteiger partial charge in [0, 0.05) is 29.9 Å². The fourth-order valence-corrected chi connectivity index (χ4v) is 3.25. The second-order valence-electron chi connectivity index (χ2n) is 7.90. The number of urea groups is 1. The fraction of sp³-hybridized carbons (Fsp3) is 0.318. The van der Waals surface area contributed by atoms with Crippen LogP contribution in [0.4, 0.5) is 16.2 Å². The molecule has 4 amide bonds. The monoisotopic (exact) mass is 395 g/mol. The van der Waals surface area contributed by atoms with Crippen LogP contribution < -0.4 is 20.3 Å². The predicted molar refractivity (Wildman–Crippen MR) is 112 cm³/mol. The molecule has 1 aliphatic rings. The van der Waals surface area contributed by atoms with Crippen molar-refractivity contribution in [2.45, 2.75) is 32.6 Å². The molecule has 0 spiro atoms. The quantitative estimate of drug-likeness (QED) is 0.826. The van der Waals surface area contributed by atoms with Crippen molar-refractivity contribution >= 4 is 29.2 Å². The number of nitrogens with zero attached hydrogens (tertiary/aromatic N) is 1. The maximum atomic E-state index is 13.1. The molecular formula is C22H25N3O4. The molecule has 0 radical (unpaired) electrons. The number of nitrogens with one attached hydrogen (secondary N) is 2. The maximum absolute atomic E-state index is 13.1. The summed E-state index contributed by atoms with van der Waals surface area (Å²) in [6.45, 7) is 6.27.